The molecule has 1 saturated heterocycles. The number of hydrogen-bond acceptors (Lipinski definition) is 4. The Kier molecular flexibility index (Phi) is 5.58. The predicted octanol–water partition coefficient (Wildman–Crippen LogP) is 3.24. The molecule has 5 heteroatoms. The molecule has 0 bridgehead atoms. The van der Waals surface area contributed by atoms with Gasteiger partial charge in [0.1, 0.15) is 12.7 Å². The average Bonchev–Trinajstić information content (AvgIpc) is 2.73. The van der Waals surface area contributed by atoms with Crippen LogP contribution in [0.15, 0.2) is 48.5 Å². The van der Waals surface area contributed by atoms with Gasteiger partial charge in [0.05, 0.1) is 6.54 Å². The fourth-order valence-electron chi connectivity index (χ4n) is 3.61. The van der Waals surface area contributed by atoms with E-state index in [9.17, 15) is 4.79 Å². The van der Waals surface area contributed by atoms with Crippen molar-refractivity contribution in [1.29, 1.82) is 0 Å². The number of fused-ring (bicyclic) bond motifs is 1. The first-order chi connectivity index (χ1) is 13.3. The summed E-state index contributed by atoms with van der Waals surface area (Å²) in [6.07, 6.45) is 3.74. The summed E-state index contributed by atoms with van der Waals surface area (Å²) < 4.78 is 11.6. The second kappa shape index (κ2) is 8.44. The van der Waals surface area contributed by atoms with E-state index < -0.39 is 0 Å². The van der Waals surface area contributed by atoms with Crippen molar-refractivity contribution in [2.45, 2.75) is 31.9 Å². The Bertz CT molecular complexity index is 769. The molecule has 27 heavy (non-hydrogen) atoms. The molecule has 0 aliphatic carbocycles. The number of hydrogen-bond donors (Lipinski definition) is 1. The third-order valence-electron chi connectivity index (χ3n) is 5.13. The molecule has 2 heterocycles. The van der Waals surface area contributed by atoms with Gasteiger partial charge in [0.15, 0.2) is 11.5 Å². The van der Waals surface area contributed by atoms with Gasteiger partial charge in [-0.3, -0.25) is 9.69 Å². The van der Waals surface area contributed by atoms with Crippen molar-refractivity contribution < 1.29 is 14.3 Å². The summed E-state index contributed by atoms with van der Waals surface area (Å²) in [4.78, 5) is 14.9. The summed E-state index contributed by atoms with van der Waals surface area (Å²) in [5.41, 5.74) is 1.93. The second-order valence-corrected chi connectivity index (χ2v) is 7.24. The lowest BCUT2D eigenvalue weighted by atomic mass is 10.1. The number of nitrogens with zero attached hydrogens (tertiary/aromatic N) is 1. The number of para-hydroxylation sites is 2. The third kappa shape index (κ3) is 4.61. The summed E-state index contributed by atoms with van der Waals surface area (Å²) in [5.74, 6) is 1.40. The number of likely N-dealkylation sites (tertiary alicyclic amines) is 1. The van der Waals surface area contributed by atoms with Crippen molar-refractivity contribution in [1.82, 2.24) is 10.2 Å². The summed E-state index contributed by atoms with van der Waals surface area (Å²) in [6, 6.07) is 15.5. The van der Waals surface area contributed by atoms with E-state index in [0.717, 1.165) is 18.0 Å². The van der Waals surface area contributed by atoms with E-state index in [0.29, 0.717) is 18.7 Å². The number of benzene rings is 2. The van der Waals surface area contributed by atoms with Gasteiger partial charge in [-0.2, -0.15) is 0 Å². The lowest BCUT2D eigenvalue weighted by Crippen LogP contribution is -2.40. The first-order valence-electron chi connectivity index (χ1n) is 9.76. The Hall–Kier alpha value is -2.53. The normalized spacial score (nSPS) is 19.5. The average molecular weight is 366 g/mol. The predicted molar refractivity (Wildman–Crippen MR) is 104 cm³/mol. The third-order valence-corrected chi connectivity index (χ3v) is 5.13. The van der Waals surface area contributed by atoms with Gasteiger partial charge in [-0.25, -0.2) is 0 Å². The van der Waals surface area contributed by atoms with E-state index in [1.165, 1.54) is 37.9 Å². The van der Waals surface area contributed by atoms with Crippen LogP contribution in [0.25, 0.3) is 0 Å². The number of nitrogens with one attached hydrogen (secondary N) is 1. The van der Waals surface area contributed by atoms with Crippen LogP contribution < -0.4 is 14.8 Å². The Morgan fingerprint density at radius 2 is 1.74 bits per heavy atom. The standard InChI is InChI=1S/C22H26N2O3/c25-22(23-14-19-16-26-20-6-2-3-7-21(20)27-19)18-10-8-17(9-11-18)15-24-12-4-1-5-13-24/h2-3,6-11,19H,1,4-5,12-16H2,(H,23,25)/t19-/m0/s1. The minimum Gasteiger partial charge on any atom is -0.486 e. The fourth-order valence-corrected chi connectivity index (χ4v) is 3.61. The van der Waals surface area contributed by atoms with Crippen LogP contribution in [0.2, 0.25) is 0 Å². The quantitative estimate of drug-likeness (QED) is 0.883. The maximum Gasteiger partial charge on any atom is 0.251 e. The number of carbonyl (C=O) groups is 1. The Morgan fingerprint density at radius 3 is 2.52 bits per heavy atom. The highest BCUT2D eigenvalue weighted by Gasteiger charge is 2.21. The topological polar surface area (TPSA) is 50.8 Å². The number of piperidine rings is 1. The van der Waals surface area contributed by atoms with E-state index >= 15 is 0 Å². The maximum atomic E-state index is 12.4. The molecule has 142 valence electrons. The minimum absolute atomic E-state index is 0.0815. The van der Waals surface area contributed by atoms with Crippen LogP contribution in [0.4, 0.5) is 0 Å². The first-order valence-corrected chi connectivity index (χ1v) is 9.76. The van der Waals surface area contributed by atoms with E-state index in [2.05, 4.69) is 22.3 Å². The van der Waals surface area contributed by atoms with Crippen LogP contribution in [0, 0.1) is 0 Å². The lowest BCUT2D eigenvalue weighted by Gasteiger charge is -2.26. The molecule has 1 fully saturated rings. The molecule has 2 aromatic carbocycles. The molecule has 2 aromatic rings. The van der Waals surface area contributed by atoms with Gasteiger partial charge in [-0.05, 0) is 55.8 Å². The zero-order valence-corrected chi connectivity index (χ0v) is 15.5. The van der Waals surface area contributed by atoms with Crippen molar-refractivity contribution >= 4 is 5.91 Å². The summed E-state index contributed by atoms with van der Waals surface area (Å²) in [5, 5.41) is 2.95. The molecule has 1 atom stereocenters. The van der Waals surface area contributed by atoms with Crippen molar-refractivity contribution in [3.63, 3.8) is 0 Å². The van der Waals surface area contributed by atoms with Gasteiger partial charge >= 0.3 is 0 Å². The van der Waals surface area contributed by atoms with Gasteiger partial charge in [0.2, 0.25) is 0 Å². The van der Waals surface area contributed by atoms with Crippen molar-refractivity contribution in [2.24, 2.45) is 0 Å². The summed E-state index contributed by atoms with van der Waals surface area (Å²) in [7, 11) is 0. The molecule has 0 radical (unpaired) electrons. The van der Waals surface area contributed by atoms with E-state index in [1.807, 2.05) is 36.4 Å². The van der Waals surface area contributed by atoms with E-state index in [1.54, 1.807) is 0 Å². The molecular weight excluding hydrogens is 340 g/mol. The van der Waals surface area contributed by atoms with Gasteiger partial charge in [-0.1, -0.05) is 30.7 Å². The molecule has 0 aromatic heterocycles. The zero-order chi connectivity index (χ0) is 18.5. The molecule has 1 amide bonds. The summed E-state index contributed by atoms with van der Waals surface area (Å²) >= 11 is 0. The zero-order valence-electron chi connectivity index (χ0n) is 15.5. The monoisotopic (exact) mass is 366 g/mol. The van der Waals surface area contributed by atoms with Crippen molar-refractivity contribution in [3.8, 4) is 11.5 Å². The van der Waals surface area contributed by atoms with Crippen LogP contribution in [-0.2, 0) is 6.54 Å². The number of amides is 1. The molecule has 2 aliphatic rings. The SMILES string of the molecule is O=C(NC[C@H]1COc2ccccc2O1)c1ccc(CN2CCCCC2)cc1. The Labute approximate surface area is 160 Å². The molecule has 4 rings (SSSR count). The molecular formula is C22H26N2O3. The summed E-state index contributed by atoms with van der Waals surface area (Å²) in [6.45, 7) is 4.17. The number of rotatable bonds is 5. The maximum absolute atomic E-state index is 12.4. The Balaban J connectivity index is 1.27. The number of ether oxygens (including phenoxy) is 2. The highest BCUT2D eigenvalue weighted by molar-refractivity contribution is 5.94. The fraction of sp³-hybridized carbons (Fsp3) is 0.409. The molecule has 0 unspecified atom stereocenters. The van der Waals surface area contributed by atoms with Gasteiger partial charge < -0.3 is 14.8 Å². The molecule has 0 saturated carbocycles. The molecule has 5 nitrogen and oxygen atoms in total. The highest BCUT2D eigenvalue weighted by Crippen LogP contribution is 2.30. The highest BCUT2D eigenvalue weighted by atomic mass is 16.6. The van der Waals surface area contributed by atoms with Crippen molar-refractivity contribution in [3.05, 3.63) is 59.7 Å². The molecule has 2 aliphatic heterocycles. The van der Waals surface area contributed by atoms with E-state index in [4.69, 9.17) is 9.47 Å². The largest absolute Gasteiger partial charge is 0.486 e. The van der Waals surface area contributed by atoms with Gasteiger partial charge in [0, 0.05) is 12.1 Å². The Morgan fingerprint density at radius 1 is 1.00 bits per heavy atom. The van der Waals surface area contributed by atoms with Gasteiger partial charge in [-0.15, -0.1) is 0 Å². The first kappa shape index (κ1) is 17.9. The van der Waals surface area contributed by atoms with Crippen LogP contribution in [-0.4, -0.2) is 43.2 Å². The van der Waals surface area contributed by atoms with Crippen LogP contribution >= 0.6 is 0 Å². The number of carbonyl (C=O) groups excluding carboxylic acids is 1. The minimum atomic E-state index is -0.178. The van der Waals surface area contributed by atoms with Crippen LogP contribution in [0.3, 0.4) is 0 Å². The van der Waals surface area contributed by atoms with Crippen LogP contribution in [0.1, 0.15) is 35.2 Å². The van der Waals surface area contributed by atoms with E-state index in [-0.39, 0.29) is 12.0 Å². The second-order valence-electron chi connectivity index (χ2n) is 7.24. The molecule has 0 spiro atoms. The van der Waals surface area contributed by atoms with Crippen molar-refractivity contribution in [2.75, 3.05) is 26.2 Å². The van der Waals surface area contributed by atoms with Crippen LogP contribution in [0.5, 0.6) is 11.5 Å². The smallest absolute Gasteiger partial charge is 0.251 e. The molecule has 1 N–H and O–H groups in total. The van der Waals surface area contributed by atoms with Gasteiger partial charge in [0.25, 0.3) is 5.91 Å². The lowest BCUT2D eigenvalue weighted by molar-refractivity contribution is 0.0789.